The van der Waals surface area contributed by atoms with Crippen LogP contribution in [0.2, 0.25) is 4.47 Å². The molecule has 0 spiro atoms. The number of thiazole rings is 1. The molecule has 1 amide bonds. The number of nitrogens with zero attached hydrogens (tertiary/aromatic N) is 2. The number of carbonyl (C=O) groups excluding carboxylic acids is 1. The second-order valence-corrected chi connectivity index (χ2v) is 9.10. The molecule has 142 valence electrons. The number of hydrogen-bond donors (Lipinski definition) is 1. The third-order valence-electron chi connectivity index (χ3n) is 4.29. The van der Waals surface area contributed by atoms with E-state index in [0.717, 1.165) is 11.3 Å². The predicted molar refractivity (Wildman–Crippen MR) is 108 cm³/mol. The first-order chi connectivity index (χ1) is 12.8. The lowest BCUT2D eigenvalue weighted by molar-refractivity contribution is 0.0894. The van der Waals surface area contributed by atoms with Crippen molar-refractivity contribution >= 4 is 39.7 Å². The van der Waals surface area contributed by atoms with Crippen LogP contribution in [0.5, 0.6) is 0 Å². The molecule has 4 nitrogen and oxygen atoms in total. The maximum atomic E-state index is 13.8. The lowest BCUT2D eigenvalue weighted by atomic mass is 9.87. The minimum atomic E-state index is -0.460. The van der Waals surface area contributed by atoms with Gasteiger partial charge < -0.3 is 5.32 Å². The first-order valence-electron chi connectivity index (χ1n) is 8.73. The summed E-state index contributed by atoms with van der Waals surface area (Å²) in [5.74, 6) is -0.235. The van der Waals surface area contributed by atoms with Crippen molar-refractivity contribution in [2.24, 2.45) is 5.92 Å². The van der Waals surface area contributed by atoms with Crippen molar-refractivity contribution in [3.05, 3.63) is 57.4 Å². The highest BCUT2D eigenvalue weighted by atomic mass is 35.5. The highest BCUT2D eigenvalue weighted by Crippen LogP contribution is 2.27. The molecule has 3 rings (SSSR count). The normalized spacial score (nSPS) is 13.7. The van der Waals surface area contributed by atoms with Gasteiger partial charge in [-0.2, -0.15) is 0 Å². The monoisotopic (exact) mass is 405 g/mol. The Morgan fingerprint density at radius 2 is 2.11 bits per heavy atom. The van der Waals surface area contributed by atoms with Crippen LogP contribution in [0.1, 0.15) is 42.4 Å². The number of carbonyl (C=O) groups is 1. The standard InChI is InChI=1S/C20H21ClFN3OS/c1-12(2)8-20(3,9-15-11-24-19(21)27-15)25-18(26)14-7-13-5-4-6-16(22)17(13)23-10-14/h4-7,10-12H,8-9H2,1-3H3,(H,25,26). The molecule has 27 heavy (non-hydrogen) atoms. The summed E-state index contributed by atoms with van der Waals surface area (Å²) in [6, 6.07) is 6.38. The van der Waals surface area contributed by atoms with Gasteiger partial charge in [-0.3, -0.25) is 9.78 Å². The fourth-order valence-electron chi connectivity index (χ4n) is 3.41. The molecule has 3 aromatic rings. The molecule has 2 heterocycles. The second-order valence-electron chi connectivity index (χ2n) is 7.40. The van der Waals surface area contributed by atoms with Gasteiger partial charge in [0.05, 0.1) is 5.56 Å². The van der Waals surface area contributed by atoms with Crippen LogP contribution in [-0.4, -0.2) is 21.4 Å². The summed E-state index contributed by atoms with van der Waals surface area (Å²) in [7, 11) is 0. The fourth-order valence-corrected chi connectivity index (χ4v) is 4.58. The van der Waals surface area contributed by atoms with Gasteiger partial charge in [0, 0.05) is 34.6 Å². The van der Waals surface area contributed by atoms with Crippen molar-refractivity contribution in [3.63, 3.8) is 0 Å². The first kappa shape index (κ1) is 19.7. The van der Waals surface area contributed by atoms with Gasteiger partial charge in [0.25, 0.3) is 5.91 Å². The Morgan fingerprint density at radius 1 is 1.33 bits per heavy atom. The van der Waals surface area contributed by atoms with E-state index in [4.69, 9.17) is 11.6 Å². The van der Waals surface area contributed by atoms with E-state index in [9.17, 15) is 9.18 Å². The van der Waals surface area contributed by atoms with Gasteiger partial charge in [-0.15, -0.1) is 11.3 Å². The molecule has 0 radical (unpaired) electrons. The van der Waals surface area contributed by atoms with Crippen molar-refractivity contribution in [1.29, 1.82) is 0 Å². The van der Waals surface area contributed by atoms with Gasteiger partial charge in [0.2, 0.25) is 0 Å². The minimum Gasteiger partial charge on any atom is -0.346 e. The molecule has 1 aromatic carbocycles. The van der Waals surface area contributed by atoms with E-state index < -0.39 is 11.4 Å². The van der Waals surface area contributed by atoms with E-state index in [0.29, 0.717) is 27.8 Å². The molecule has 7 heteroatoms. The summed E-state index contributed by atoms with van der Waals surface area (Å²) in [6.45, 7) is 6.25. The van der Waals surface area contributed by atoms with Crippen LogP contribution >= 0.6 is 22.9 Å². The Balaban J connectivity index is 1.85. The Bertz CT molecular complexity index is 975. The molecule has 0 bridgehead atoms. The van der Waals surface area contributed by atoms with Crippen molar-refractivity contribution < 1.29 is 9.18 Å². The lowest BCUT2D eigenvalue weighted by Gasteiger charge is -2.32. The Labute approximate surface area is 166 Å². The molecule has 1 N–H and O–H groups in total. The molecule has 1 atom stereocenters. The zero-order valence-corrected chi connectivity index (χ0v) is 17.0. The van der Waals surface area contributed by atoms with Crippen molar-refractivity contribution in [2.75, 3.05) is 0 Å². The number of rotatable bonds is 6. The van der Waals surface area contributed by atoms with Crippen LogP contribution in [0.15, 0.2) is 36.7 Å². The third kappa shape index (κ3) is 4.82. The number of pyridine rings is 1. The van der Waals surface area contributed by atoms with Gasteiger partial charge >= 0.3 is 0 Å². The number of amides is 1. The van der Waals surface area contributed by atoms with E-state index in [1.165, 1.54) is 23.6 Å². The van der Waals surface area contributed by atoms with Crippen LogP contribution in [-0.2, 0) is 6.42 Å². The summed E-state index contributed by atoms with van der Waals surface area (Å²) < 4.78 is 14.3. The Morgan fingerprint density at radius 3 is 2.78 bits per heavy atom. The van der Waals surface area contributed by atoms with Gasteiger partial charge in [0.1, 0.15) is 11.3 Å². The molecule has 0 aliphatic heterocycles. The van der Waals surface area contributed by atoms with Crippen molar-refractivity contribution in [1.82, 2.24) is 15.3 Å². The quantitative estimate of drug-likeness (QED) is 0.608. The van der Waals surface area contributed by atoms with Gasteiger partial charge in [-0.25, -0.2) is 9.37 Å². The Kier molecular flexibility index (Phi) is 5.77. The number of aromatic nitrogens is 2. The Hall–Kier alpha value is -2.05. The molecule has 1 unspecified atom stereocenters. The highest BCUT2D eigenvalue weighted by Gasteiger charge is 2.29. The molecule has 0 aliphatic carbocycles. The summed E-state index contributed by atoms with van der Waals surface area (Å²) >= 11 is 7.36. The van der Waals surface area contributed by atoms with Crippen LogP contribution in [0, 0.1) is 11.7 Å². The van der Waals surface area contributed by atoms with Gasteiger partial charge in [-0.1, -0.05) is 37.6 Å². The second kappa shape index (κ2) is 7.90. The average molecular weight is 406 g/mol. The van der Waals surface area contributed by atoms with Crippen LogP contribution < -0.4 is 5.32 Å². The highest BCUT2D eigenvalue weighted by molar-refractivity contribution is 7.15. The number of benzene rings is 1. The third-order valence-corrected chi connectivity index (χ3v) is 5.40. The summed E-state index contributed by atoms with van der Waals surface area (Å²) in [4.78, 5) is 22.1. The van der Waals surface area contributed by atoms with E-state index in [1.807, 2.05) is 6.92 Å². The maximum absolute atomic E-state index is 13.8. The molecule has 0 fully saturated rings. The van der Waals surface area contributed by atoms with Crippen molar-refractivity contribution in [3.8, 4) is 0 Å². The zero-order valence-electron chi connectivity index (χ0n) is 15.4. The fraction of sp³-hybridized carbons (Fsp3) is 0.350. The average Bonchev–Trinajstić information content (AvgIpc) is 2.98. The molecular weight excluding hydrogens is 385 g/mol. The summed E-state index contributed by atoms with van der Waals surface area (Å²) in [6.07, 6.45) is 4.60. The smallest absolute Gasteiger partial charge is 0.253 e. The van der Waals surface area contributed by atoms with Gasteiger partial charge in [-0.05, 0) is 31.4 Å². The lowest BCUT2D eigenvalue weighted by Crippen LogP contribution is -2.48. The predicted octanol–water partition coefficient (Wildman–Crippen LogP) is 5.26. The zero-order chi connectivity index (χ0) is 19.6. The SMILES string of the molecule is CC(C)CC(C)(Cc1cnc(Cl)s1)NC(=O)c1cnc2c(F)cccc2c1. The van der Waals surface area contributed by atoms with Crippen molar-refractivity contribution in [2.45, 2.75) is 39.2 Å². The molecule has 0 aliphatic rings. The van der Waals surface area contributed by atoms with Crippen LogP contribution in [0.25, 0.3) is 10.9 Å². The van der Waals surface area contributed by atoms with E-state index in [2.05, 4.69) is 29.1 Å². The number of para-hydroxylation sites is 1. The van der Waals surface area contributed by atoms with Gasteiger partial charge in [0.15, 0.2) is 4.47 Å². The largest absolute Gasteiger partial charge is 0.346 e. The van der Waals surface area contributed by atoms with E-state index >= 15 is 0 Å². The number of hydrogen-bond acceptors (Lipinski definition) is 4. The van der Waals surface area contributed by atoms with Crippen LogP contribution in [0.3, 0.4) is 0 Å². The van der Waals surface area contributed by atoms with E-state index in [1.54, 1.807) is 24.4 Å². The number of halogens is 2. The topological polar surface area (TPSA) is 54.9 Å². The molecule has 0 saturated heterocycles. The maximum Gasteiger partial charge on any atom is 0.253 e. The van der Waals surface area contributed by atoms with Crippen LogP contribution in [0.4, 0.5) is 4.39 Å². The number of nitrogens with one attached hydrogen (secondary N) is 1. The summed E-state index contributed by atoms with van der Waals surface area (Å²) in [5, 5.41) is 3.74. The minimum absolute atomic E-state index is 0.229. The molecule has 0 saturated carbocycles. The molecule has 2 aromatic heterocycles. The summed E-state index contributed by atoms with van der Waals surface area (Å²) in [5.41, 5.74) is 0.210. The number of fused-ring (bicyclic) bond motifs is 1. The first-order valence-corrected chi connectivity index (χ1v) is 9.92. The van der Waals surface area contributed by atoms with E-state index in [-0.39, 0.29) is 11.4 Å². The molecular formula is C20H21ClFN3OS.